The maximum atomic E-state index is 11.7. The van der Waals surface area contributed by atoms with Crippen molar-refractivity contribution in [2.75, 3.05) is 0 Å². The van der Waals surface area contributed by atoms with E-state index in [2.05, 4.69) is 0 Å². The van der Waals surface area contributed by atoms with E-state index in [0.717, 1.165) is 11.6 Å². The van der Waals surface area contributed by atoms with Gasteiger partial charge < -0.3 is 9.29 Å². The number of aryl methyl sites for hydroxylation is 1. The molecule has 2 aromatic carbocycles. The Bertz CT molecular complexity index is 970. The molecule has 10 heteroatoms. The smallest absolute Gasteiger partial charge is 0.241 e. The molecule has 0 aliphatic heterocycles. The van der Waals surface area contributed by atoms with Crippen molar-refractivity contribution in [2.24, 2.45) is 5.14 Å². The van der Waals surface area contributed by atoms with E-state index in [1.165, 1.54) is 0 Å². The second-order valence-electron chi connectivity index (χ2n) is 4.65. The van der Waals surface area contributed by atoms with Crippen LogP contribution in [-0.2, 0) is 20.1 Å². The Balaban J connectivity index is 2.66. The molecule has 0 aliphatic rings. The van der Waals surface area contributed by atoms with Crippen LogP contribution in [0.15, 0.2) is 46.2 Å². The molecule has 0 aromatic heterocycles. The molecule has 0 atom stereocenters. The van der Waals surface area contributed by atoms with Gasteiger partial charge in [0, 0.05) is 6.07 Å². The number of benzene rings is 2. The summed E-state index contributed by atoms with van der Waals surface area (Å²) in [7, 11) is -9.32. The van der Waals surface area contributed by atoms with Gasteiger partial charge in [-0.15, -0.1) is 0 Å². The highest BCUT2D eigenvalue weighted by atomic mass is 35.5. The first-order valence-electron chi connectivity index (χ1n) is 6.05. The average molecular weight is 377 g/mol. The first-order chi connectivity index (χ1) is 10.5. The summed E-state index contributed by atoms with van der Waals surface area (Å²) in [5, 5.41) is 4.59. The van der Waals surface area contributed by atoms with E-state index in [-0.39, 0.29) is 5.75 Å². The molecule has 0 unspecified atom stereocenters. The van der Waals surface area contributed by atoms with Gasteiger partial charge in [0.05, 0.1) is 9.92 Å². The van der Waals surface area contributed by atoms with E-state index < -0.39 is 35.0 Å². The number of hydrogen-bond donors (Lipinski definition) is 1. The molecular formula is C13H11ClNO6S2-. The van der Waals surface area contributed by atoms with Gasteiger partial charge in [0.25, 0.3) is 0 Å². The van der Waals surface area contributed by atoms with Crippen molar-refractivity contribution in [2.45, 2.75) is 16.7 Å². The van der Waals surface area contributed by atoms with Crippen molar-refractivity contribution >= 4 is 31.7 Å². The Morgan fingerprint density at radius 3 is 2.26 bits per heavy atom. The van der Waals surface area contributed by atoms with Crippen LogP contribution in [0.4, 0.5) is 0 Å². The van der Waals surface area contributed by atoms with E-state index >= 15 is 0 Å². The number of sulfonamides is 1. The Labute approximate surface area is 138 Å². The standard InChI is InChI=1S/C13H12ClNO6S2/c1-8-3-2-4-9(5-8)21-11-6-10(14)12(23(18,19)20)7-13(11)22(15,16)17/h2-7H,1H3,(H2,15,16,17)(H,18,19,20)/p-1. The second kappa shape index (κ2) is 6.10. The third kappa shape index (κ3) is 4.21. The molecule has 0 aliphatic carbocycles. The van der Waals surface area contributed by atoms with Crippen LogP contribution in [0, 0.1) is 6.92 Å². The summed E-state index contributed by atoms with van der Waals surface area (Å²) < 4.78 is 62.1. The third-order valence-corrected chi connectivity index (χ3v) is 5.02. The number of nitrogens with two attached hydrogens (primary N) is 1. The highest BCUT2D eigenvalue weighted by Gasteiger charge is 2.21. The van der Waals surface area contributed by atoms with Crippen LogP contribution in [0.25, 0.3) is 0 Å². The molecule has 0 spiro atoms. The Kier molecular flexibility index (Phi) is 4.69. The molecular weight excluding hydrogens is 366 g/mol. The first-order valence-corrected chi connectivity index (χ1v) is 9.38. The second-order valence-corrected chi connectivity index (χ2v) is 7.93. The maximum absolute atomic E-state index is 11.7. The molecule has 7 nitrogen and oxygen atoms in total. The van der Waals surface area contributed by atoms with Crippen LogP contribution >= 0.6 is 11.6 Å². The minimum atomic E-state index is -4.97. The normalized spacial score (nSPS) is 12.2. The number of halogens is 1. The van der Waals surface area contributed by atoms with Gasteiger partial charge >= 0.3 is 0 Å². The third-order valence-electron chi connectivity index (χ3n) is 2.79. The molecule has 124 valence electrons. The lowest BCUT2D eigenvalue weighted by Gasteiger charge is -2.15. The minimum absolute atomic E-state index is 0.282. The summed E-state index contributed by atoms with van der Waals surface area (Å²) in [5.74, 6) is 0.0131. The molecule has 2 aromatic rings. The van der Waals surface area contributed by atoms with Crippen molar-refractivity contribution < 1.29 is 26.1 Å². The van der Waals surface area contributed by atoms with Crippen molar-refractivity contribution in [1.82, 2.24) is 0 Å². The predicted molar refractivity (Wildman–Crippen MR) is 82.0 cm³/mol. The fraction of sp³-hybridized carbons (Fsp3) is 0.0769. The lowest BCUT2D eigenvalue weighted by atomic mass is 10.2. The van der Waals surface area contributed by atoms with Gasteiger partial charge in [-0.25, -0.2) is 22.0 Å². The molecule has 0 heterocycles. The number of ether oxygens (including phenoxy) is 1. The Morgan fingerprint density at radius 1 is 1.09 bits per heavy atom. The van der Waals surface area contributed by atoms with E-state index in [1.54, 1.807) is 31.2 Å². The lowest BCUT2D eigenvalue weighted by Crippen LogP contribution is -2.14. The van der Waals surface area contributed by atoms with Gasteiger partial charge in [0.15, 0.2) is 0 Å². The quantitative estimate of drug-likeness (QED) is 0.813. The topological polar surface area (TPSA) is 127 Å². The summed E-state index contributed by atoms with van der Waals surface area (Å²) >= 11 is 5.74. The Morgan fingerprint density at radius 2 is 1.74 bits per heavy atom. The van der Waals surface area contributed by atoms with Crippen molar-refractivity contribution in [1.29, 1.82) is 0 Å². The molecule has 2 rings (SSSR count). The van der Waals surface area contributed by atoms with Crippen molar-refractivity contribution in [3.05, 3.63) is 47.0 Å². The molecule has 0 saturated carbocycles. The van der Waals surface area contributed by atoms with Crippen LogP contribution in [-0.4, -0.2) is 21.4 Å². The zero-order chi connectivity index (χ0) is 17.4. The predicted octanol–water partition coefficient (Wildman–Crippen LogP) is 1.99. The maximum Gasteiger partial charge on any atom is 0.241 e. The lowest BCUT2D eigenvalue weighted by molar-refractivity contribution is 0.458. The number of hydrogen-bond acceptors (Lipinski definition) is 6. The fourth-order valence-corrected chi connectivity index (χ4v) is 3.55. The van der Waals surface area contributed by atoms with Crippen molar-refractivity contribution in [3.63, 3.8) is 0 Å². The zero-order valence-corrected chi connectivity index (χ0v) is 14.1. The monoisotopic (exact) mass is 376 g/mol. The number of rotatable bonds is 4. The summed E-state index contributed by atoms with van der Waals surface area (Å²) in [6.45, 7) is 1.80. The van der Waals surface area contributed by atoms with Gasteiger partial charge in [0.1, 0.15) is 26.5 Å². The SMILES string of the molecule is Cc1cccc(Oc2cc(Cl)c(S(=O)(=O)[O-])cc2S(N)(=O)=O)c1. The first kappa shape index (κ1) is 17.7. The van der Waals surface area contributed by atoms with Gasteiger partial charge in [-0.3, -0.25) is 0 Å². The molecule has 2 N–H and O–H groups in total. The largest absolute Gasteiger partial charge is 0.744 e. The van der Waals surface area contributed by atoms with Gasteiger partial charge in [-0.05, 0) is 30.7 Å². The molecule has 0 amide bonds. The van der Waals surface area contributed by atoms with E-state index in [0.29, 0.717) is 11.8 Å². The van der Waals surface area contributed by atoms with Gasteiger partial charge in [-0.2, -0.15) is 0 Å². The van der Waals surface area contributed by atoms with Crippen LogP contribution in [0.2, 0.25) is 5.02 Å². The highest BCUT2D eigenvalue weighted by molar-refractivity contribution is 7.89. The van der Waals surface area contributed by atoms with E-state index in [9.17, 15) is 21.4 Å². The summed E-state index contributed by atoms with van der Waals surface area (Å²) in [6, 6.07) is 8.18. The van der Waals surface area contributed by atoms with Crippen molar-refractivity contribution in [3.8, 4) is 11.5 Å². The molecule has 0 bridgehead atoms. The molecule has 23 heavy (non-hydrogen) atoms. The van der Waals surface area contributed by atoms with E-state index in [1.807, 2.05) is 0 Å². The van der Waals surface area contributed by atoms with Crippen LogP contribution < -0.4 is 9.88 Å². The zero-order valence-electron chi connectivity index (χ0n) is 11.7. The van der Waals surface area contributed by atoms with Gasteiger partial charge in [-0.1, -0.05) is 23.7 Å². The van der Waals surface area contributed by atoms with Crippen LogP contribution in [0.1, 0.15) is 5.56 Å². The highest BCUT2D eigenvalue weighted by Crippen LogP contribution is 2.35. The summed E-state index contributed by atoms with van der Waals surface area (Å²) in [5.41, 5.74) is 0.851. The molecule has 0 fully saturated rings. The molecule has 0 saturated heterocycles. The molecule has 0 radical (unpaired) electrons. The Hall–Kier alpha value is -1.65. The average Bonchev–Trinajstić information content (AvgIpc) is 2.35. The fourth-order valence-electron chi connectivity index (χ4n) is 1.82. The minimum Gasteiger partial charge on any atom is -0.744 e. The van der Waals surface area contributed by atoms with E-state index in [4.69, 9.17) is 21.5 Å². The number of primary sulfonamides is 1. The van der Waals surface area contributed by atoms with Crippen LogP contribution in [0.3, 0.4) is 0 Å². The summed E-state index contributed by atoms with van der Waals surface area (Å²) in [6.07, 6.45) is 0. The van der Waals surface area contributed by atoms with Gasteiger partial charge in [0.2, 0.25) is 10.0 Å². The summed E-state index contributed by atoms with van der Waals surface area (Å²) in [4.78, 5) is -1.54. The van der Waals surface area contributed by atoms with Crippen LogP contribution in [0.5, 0.6) is 11.5 Å².